The highest BCUT2D eigenvalue weighted by atomic mass is 79.9. The van der Waals surface area contributed by atoms with Gasteiger partial charge in [-0.25, -0.2) is 9.37 Å². The molecule has 2 aromatic rings. The molecule has 1 heterocycles. The monoisotopic (exact) mass is 311 g/mol. The van der Waals surface area contributed by atoms with Crippen LogP contribution in [0.1, 0.15) is 6.42 Å². The predicted octanol–water partition coefficient (Wildman–Crippen LogP) is 2.81. The Kier molecular flexibility index (Phi) is 4.09. The number of anilines is 1. The number of hydrogen-bond acceptors (Lipinski definition) is 2. The van der Waals surface area contributed by atoms with E-state index in [4.69, 9.17) is 0 Å². The largest absolute Gasteiger partial charge is 0.337 e. The molecule has 0 atom stereocenters. The number of aromatic nitrogens is 2. The molecule has 1 aromatic heterocycles. The van der Waals surface area contributed by atoms with Crippen LogP contribution < -0.4 is 5.32 Å². The van der Waals surface area contributed by atoms with Crippen LogP contribution >= 0.6 is 15.9 Å². The summed E-state index contributed by atoms with van der Waals surface area (Å²) in [6, 6.07) is 4.47. The van der Waals surface area contributed by atoms with Gasteiger partial charge in [0.15, 0.2) is 0 Å². The van der Waals surface area contributed by atoms with E-state index in [0.717, 1.165) is 0 Å². The smallest absolute Gasteiger partial charge is 0.226 e. The van der Waals surface area contributed by atoms with Crippen molar-refractivity contribution in [3.05, 3.63) is 47.2 Å². The van der Waals surface area contributed by atoms with Crippen LogP contribution in [0.2, 0.25) is 0 Å². The molecule has 0 radical (unpaired) electrons. The summed E-state index contributed by atoms with van der Waals surface area (Å²) in [4.78, 5) is 15.5. The molecule has 1 aromatic carbocycles. The van der Waals surface area contributed by atoms with Gasteiger partial charge in [0.25, 0.3) is 0 Å². The molecule has 2 rings (SSSR count). The van der Waals surface area contributed by atoms with Crippen molar-refractivity contribution in [3.63, 3.8) is 0 Å². The number of halogens is 2. The first-order valence-corrected chi connectivity index (χ1v) is 6.15. The number of nitrogens with one attached hydrogen (secondary N) is 1. The van der Waals surface area contributed by atoms with E-state index < -0.39 is 5.82 Å². The van der Waals surface area contributed by atoms with Crippen LogP contribution in [0.5, 0.6) is 0 Å². The first-order valence-electron chi connectivity index (χ1n) is 5.36. The van der Waals surface area contributed by atoms with Crippen LogP contribution in [-0.4, -0.2) is 15.5 Å². The molecule has 18 heavy (non-hydrogen) atoms. The molecule has 0 saturated carbocycles. The second-order valence-corrected chi connectivity index (χ2v) is 4.58. The molecule has 0 unspecified atom stereocenters. The van der Waals surface area contributed by atoms with Crippen LogP contribution in [0.25, 0.3) is 0 Å². The van der Waals surface area contributed by atoms with Crippen molar-refractivity contribution in [3.8, 4) is 0 Å². The van der Waals surface area contributed by atoms with Crippen molar-refractivity contribution in [1.29, 1.82) is 0 Å². The summed E-state index contributed by atoms with van der Waals surface area (Å²) in [6.07, 6.45) is 5.40. The maximum absolute atomic E-state index is 13.2. The highest BCUT2D eigenvalue weighted by Gasteiger charge is 2.05. The van der Waals surface area contributed by atoms with Gasteiger partial charge in [0.05, 0.1) is 10.8 Å². The van der Waals surface area contributed by atoms with E-state index in [2.05, 4.69) is 26.2 Å². The molecule has 0 fully saturated rings. The van der Waals surface area contributed by atoms with Crippen LogP contribution in [0.4, 0.5) is 10.1 Å². The number of carbonyl (C=O) groups is 1. The van der Waals surface area contributed by atoms with Crippen molar-refractivity contribution in [2.24, 2.45) is 0 Å². The summed E-state index contributed by atoms with van der Waals surface area (Å²) < 4.78 is 15.4. The molecular weight excluding hydrogens is 301 g/mol. The van der Waals surface area contributed by atoms with Crippen molar-refractivity contribution >= 4 is 27.5 Å². The lowest BCUT2D eigenvalue weighted by atomic mass is 10.3. The minimum absolute atomic E-state index is 0.162. The Morgan fingerprint density at radius 1 is 1.50 bits per heavy atom. The van der Waals surface area contributed by atoms with E-state index >= 15 is 0 Å². The molecule has 0 aliphatic heterocycles. The first-order chi connectivity index (χ1) is 8.65. The quantitative estimate of drug-likeness (QED) is 0.943. The van der Waals surface area contributed by atoms with Gasteiger partial charge in [0, 0.05) is 31.0 Å². The average molecular weight is 312 g/mol. The maximum atomic E-state index is 13.2. The first kappa shape index (κ1) is 12.8. The van der Waals surface area contributed by atoms with Crippen molar-refractivity contribution < 1.29 is 9.18 Å². The Morgan fingerprint density at radius 3 is 3.00 bits per heavy atom. The molecule has 0 bridgehead atoms. The average Bonchev–Trinajstić information content (AvgIpc) is 2.84. The van der Waals surface area contributed by atoms with Crippen LogP contribution in [0.3, 0.4) is 0 Å². The zero-order chi connectivity index (χ0) is 13.0. The van der Waals surface area contributed by atoms with Gasteiger partial charge in [-0.15, -0.1) is 0 Å². The number of nitrogens with zero attached hydrogens (tertiary/aromatic N) is 2. The molecule has 6 heteroatoms. The summed E-state index contributed by atoms with van der Waals surface area (Å²) in [7, 11) is 0. The van der Waals surface area contributed by atoms with Crippen molar-refractivity contribution in [2.75, 3.05) is 5.32 Å². The van der Waals surface area contributed by atoms with Gasteiger partial charge >= 0.3 is 0 Å². The third-order valence-corrected chi connectivity index (χ3v) is 3.00. The summed E-state index contributed by atoms with van der Waals surface area (Å²) in [6.45, 7) is 0.546. The number of amides is 1. The molecule has 0 spiro atoms. The molecule has 94 valence electrons. The SMILES string of the molecule is O=C(CCn1ccnc1)Nc1ccc(Br)c(F)c1. The Morgan fingerprint density at radius 2 is 2.33 bits per heavy atom. The normalized spacial score (nSPS) is 10.3. The summed E-state index contributed by atoms with van der Waals surface area (Å²) in [5.41, 5.74) is 0.450. The number of hydrogen-bond donors (Lipinski definition) is 1. The van der Waals surface area contributed by atoms with E-state index in [1.165, 1.54) is 6.07 Å². The summed E-state index contributed by atoms with van der Waals surface area (Å²) in [5, 5.41) is 2.64. The fourth-order valence-electron chi connectivity index (χ4n) is 1.45. The third-order valence-electron chi connectivity index (χ3n) is 2.36. The van der Waals surface area contributed by atoms with Gasteiger partial charge in [-0.1, -0.05) is 0 Å². The Bertz CT molecular complexity index is 542. The van der Waals surface area contributed by atoms with E-state index in [-0.39, 0.29) is 5.91 Å². The Hall–Kier alpha value is -1.69. The molecule has 1 amide bonds. The summed E-state index contributed by atoms with van der Waals surface area (Å²) in [5.74, 6) is -0.562. The maximum Gasteiger partial charge on any atom is 0.226 e. The lowest BCUT2D eigenvalue weighted by Crippen LogP contribution is -2.14. The van der Waals surface area contributed by atoms with E-state index in [1.54, 1.807) is 30.9 Å². The Balaban J connectivity index is 1.88. The number of rotatable bonds is 4. The van der Waals surface area contributed by atoms with Crippen LogP contribution in [0, 0.1) is 5.82 Å². The Labute approximate surface area is 112 Å². The lowest BCUT2D eigenvalue weighted by molar-refractivity contribution is -0.116. The van der Waals surface area contributed by atoms with Gasteiger partial charge < -0.3 is 9.88 Å². The standard InChI is InChI=1S/C12H11BrFN3O/c13-10-2-1-9(7-11(10)14)16-12(18)3-5-17-6-4-15-8-17/h1-2,4,6-8H,3,5H2,(H,16,18). The van der Waals surface area contributed by atoms with Gasteiger partial charge in [0.2, 0.25) is 5.91 Å². The molecule has 0 saturated heterocycles. The minimum Gasteiger partial charge on any atom is -0.337 e. The van der Waals surface area contributed by atoms with Gasteiger partial charge in [-0.3, -0.25) is 4.79 Å². The van der Waals surface area contributed by atoms with Crippen LogP contribution in [-0.2, 0) is 11.3 Å². The van der Waals surface area contributed by atoms with E-state index in [0.29, 0.717) is 23.1 Å². The lowest BCUT2D eigenvalue weighted by Gasteiger charge is -2.06. The molecule has 4 nitrogen and oxygen atoms in total. The number of aryl methyl sites for hydroxylation is 1. The highest BCUT2D eigenvalue weighted by molar-refractivity contribution is 9.10. The molecule has 1 N–H and O–H groups in total. The zero-order valence-corrected chi connectivity index (χ0v) is 11.0. The molecule has 0 aliphatic carbocycles. The van der Waals surface area contributed by atoms with Crippen molar-refractivity contribution in [2.45, 2.75) is 13.0 Å². The van der Waals surface area contributed by atoms with Gasteiger partial charge in [-0.05, 0) is 34.1 Å². The van der Waals surface area contributed by atoms with Crippen molar-refractivity contribution in [1.82, 2.24) is 9.55 Å². The second-order valence-electron chi connectivity index (χ2n) is 3.73. The van der Waals surface area contributed by atoms with E-state index in [9.17, 15) is 9.18 Å². The molecular formula is C12H11BrFN3O. The predicted molar refractivity (Wildman–Crippen MR) is 69.6 cm³/mol. The number of benzene rings is 1. The minimum atomic E-state index is -0.401. The zero-order valence-electron chi connectivity index (χ0n) is 9.44. The molecule has 0 aliphatic rings. The van der Waals surface area contributed by atoms with Crippen LogP contribution in [0.15, 0.2) is 41.4 Å². The second kappa shape index (κ2) is 5.77. The fraction of sp³-hybridized carbons (Fsp3) is 0.167. The third kappa shape index (κ3) is 3.40. The topological polar surface area (TPSA) is 46.9 Å². The van der Waals surface area contributed by atoms with Gasteiger partial charge in [0.1, 0.15) is 5.82 Å². The van der Waals surface area contributed by atoms with Gasteiger partial charge in [-0.2, -0.15) is 0 Å². The fourth-order valence-corrected chi connectivity index (χ4v) is 1.69. The number of imidazole rings is 1. The highest BCUT2D eigenvalue weighted by Crippen LogP contribution is 2.19. The summed E-state index contributed by atoms with van der Waals surface area (Å²) >= 11 is 3.05. The van der Waals surface area contributed by atoms with E-state index in [1.807, 2.05) is 4.57 Å². The number of carbonyl (C=O) groups excluding carboxylic acids is 1.